The molecule has 1 heterocycles. The van der Waals surface area contributed by atoms with Gasteiger partial charge in [-0.1, -0.05) is 52.3 Å². The molecule has 0 amide bonds. The summed E-state index contributed by atoms with van der Waals surface area (Å²) in [5.41, 5.74) is 5.24. The van der Waals surface area contributed by atoms with Crippen LogP contribution in [0.25, 0.3) is 0 Å². The fourth-order valence-corrected chi connectivity index (χ4v) is 6.26. The average Bonchev–Trinajstić information content (AvgIpc) is 3.00. The number of rotatable bonds is 9. The Labute approximate surface area is 254 Å². The molecule has 0 fully saturated rings. The number of esters is 1. The Morgan fingerprint density at radius 3 is 2.33 bits per heavy atom. The second-order valence-corrected chi connectivity index (χ2v) is 11.3. The van der Waals surface area contributed by atoms with E-state index in [4.69, 9.17) is 18.9 Å². The molecule has 0 saturated carbocycles. The Hall–Kier alpha value is -4.04. The fourth-order valence-electron chi connectivity index (χ4n) is 5.88. The maximum absolute atomic E-state index is 14.1. The smallest absolute Gasteiger partial charge is 0.336 e. The number of allylic oxidation sites excluding steroid dienone is 3. The standard InChI is InChI=1S/C34H34BrNO6/c1-20-31(34(38)42-15-14-21-8-6-5-7-9-21)32(25-19-24(35)11-13-28(25)39-2)33-26(36-20)16-23(17-27(33)37)22-10-12-29(40-3)30(18-22)41-4/h5-13,18-19,23,32,36H,14-17H2,1-4H3/t23-,32-/m0/s1. The number of dihydropyridines is 1. The molecule has 1 N–H and O–H groups in total. The van der Waals surface area contributed by atoms with E-state index in [0.717, 1.165) is 26.9 Å². The van der Waals surface area contributed by atoms with Gasteiger partial charge in [0.1, 0.15) is 5.75 Å². The van der Waals surface area contributed by atoms with Crippen LogP contribution in [0.5, 0.6) is 17.2 Å². The molecule has 218 valence electrons. The zero-order valence-electron chi connectivity index (χ0n) is 24.2. The Morgan fingerprint density at radius 2 is 1.62 bits per heavy atom. The summed E-state index contributed by atoms with van der Waals surface area (Å²) >= 11 is 3.57. The van der Waals surface area contributed by atoms with E-state index in [1.54, 1.807) is 21.3 Å². The van der Waals surface area contributed by atoms with Crippen molar-refractivity contribution in [1.82, 2.24) is 5.32 Å². The van der Waals surface area contributed by atoms with Gasteiger partial charge >= 0.3 is 5.97 Å². The molecule has 2 atom stereocenters. The third kappa shape index (κ3) is 5.95. The van der Waals surface area contributed by atoms with E-state index in [1.807, 2.05) is 73.7 Å². The van der Waals surface area contributed by atoms with E-state index in [9.17, 15) is 9.59 Å². The summed E-state index contributed by atoms with van der Waals surface area (Å²) in [4.78, 5) is 27.8. The van der Waals surface area contributed by atoms with Crippen LogP contribution in [0.4, 0.5) is 0 Å². The van der Waals surface area contributed by atoms with Gasteiger partial charge in [-0.25, -0.2) is 4.79 Å². The van der Waals surface area contributed by atoms with Crippen molar-refractivity contribution in [3.05, 3.63) is 110 Å². The first-order chi connectivity index (χ1) is 20.3. The molecule has 2 aliphatic rings. The van der Waals surface area contributed by atoms with Crippen LogP contribution in [-0.2, 0) is 20.7 Å². The van der Waals surface area contributed by atoms with Crippen LogP contribution >= 0.6 is 15.9 Å². The lowest BCUT2D eigenvalue weighted by molar-refractivity contribution is -0.139. The maximum Gasteiger partial charge on any atom is 0.336 e. The van der Waals surface area contributed by atoms with Crippen molar-refractivity contribution in [2.24, 2.45) is 0 Å². The van der Waals surface area contributed by atoms with Crippen LogP contribution < -0.4 is 19.5 Å². The molecular weight excluding hydrogens is 598 g/mol. The minimum Gasteiger partial charge on any atom is -0.496 e. The lowest BCUT2D eigenvalue weighted by atomic mass is 9.71. The second-order valence-electron chi connectivity index (χ2n) is 10.4. The summed E-state index contributed by atoms with van der Waals surface area (Å²) in [7, 11) is 4.79. The molecule has 8 heteroatoms. The van der Waals surface area contributed by atoms with Crippen LogP contribution in [0.15, 0.2) is 93.7 Å². The van der Waals surface area contributed by atoms with Gasteiger partial charge in [-0.05, 0) is 60.7 Å². The highest BCUT2D eigenvalue weighted by atomic mass is 79.9. The molecule has 0 aromatic heterocycles. The summed E-state index contributed by atoms with van der Waals surface area (Å²) in [5.74, 6) is 0.649. The number of halogens is 1. The molecule has 1 aliphatic heterocycles. The second kappa shape index (κ2) is 12.9. The highest BCUT2D eigenvalue weighted by Crippen LogP contribution is 2.48. The topological polar surface area (TPSA) is 83.1 Å². The molecule has 7 nitrogen and oxygen atoms in total. The predicted molar refractivity (Wildman–Crippen MR) is 164 cm³/mol. The number of methoxy groups -OCH3 is 3. The number of carbonyl (C=O) groups is 2. The van der Waals surface area contributed by atoms with Crippen molar-refractivity contribution in [2.45, 2.75) is 38.0 Å². The predicted octanol–water partition coefficient (Wildman–Crippen LogP) is 6.62. The lowest BCUT2D eigenvalue weighted by Crippen LogP contribution is -2.36. The molecule has 0 bridgehead atoms. The monoisotopic (exact) mass is 631 g/mol. The van der Waals surface area contributed by atoms with Gasteiger partial charge in [0.25, 0.3) is 0 Å². The van der Waals surface area contributed by atoms with Crippen molar-refractivity contribution in [3.8, 4) is 17.2 Å². The van der Waals surface area contributed by atoms with E-state index in [-0.39, 0.29) is 24.7 Å². The normalized spacial score (nSPS) is 18.3. The van der Waals surface area contributed by atoms with Gasteiger partial charge in [-0.15, -0.1) is 0 Å². The van der Waals surface area contributed by atoms with Crippen LogP contribution in [0.2, 0.25) is 0 Å². The molecule has 1 aliphatic carbocycles. The van der Waals surface area contributed by atoms with Crippen molar-refractivity contribution >= 4 is 27.7 Å². The van der Waals surface area contributed by atoms with Gasteiger partial charge in [-0.2, -0.15) is 0 Å². The van der Waals surface area contributed by atoms with Gasteiger partial charge < -0.3 is 24.3 Å². The SMILES string of the molecule is COc1ccc([C@@H]2CC(=O)C3=C(C2)NC(C)=C(C(=O)OCCc2ccccc2)[C@@H]3c2cc(Br)ccc2OC)cc1OC. The molecule has 0 unspecified atom stereocenters. The van der Waals surface area contributed by atoms with E-state index < -0.39 is 11.9 Å². The van der Waals surface area contributed by atoms with Crippen LogP contribution in [0.3, 0.4) is 0 Å². The third-order valence-electron chi connectivity index (χ3n) is 7.90. The van der Waals surface area contributed by atoms with Crippen LogP contribution in [-0.4, -0.2) is 39.7 Å². The van der Waals surface area contributed by atoms with Crippen LogP contribution in [0, 0.1) is 0 Å². The first-order valence-corrected chi connectivity index (χ1v) is 14.6. The summed E-state index contributed by atoms with van der Waals surface area (Å²) in [6.45, 7) is 2.09. The number of ketones is 1. The Bertz CT molecular complexity index is 1560. The van der Waals surface area contributed by atoms with Crippen molar-refractivity contribution < 1.29 is 28.5 Å². The van der Waals surface area contributed by atoms with Gasteiger partial charge in [0.05, 0.1) is 39.4 Å². The van der Waals surface area contributed by atoms with Crippen LogP contribution in [0.1, 0.15) is 48.3 Å². The number of ether oxygens (including phenoxy) is 4. The molecule has 0 saturated heterocycles. The van der Waals surface area contributed by atoms with Crippen molar-refractivity contribution in [2.75, 3.05) is 27.9 Å². The number of Topliss-reactive ketones (excluding diaryl/α,β-unsaturated/α-hetero) is 1. The molecule has 0 radical (unpaired) electrons. The fraction of sp³-hybridized carbons (Fsp3) is 0.294. The number of carbonyl (C=O) groups excluding carboxylic acids is 2. The van der Waals surface area contributed by atoms with Gasteiger partial charge in [0.15, 0.2) is 17.3 Å². The number of benzene rings is 3. The minimum absolute atomic E-state index is 0.0300. The summed E-state index contributed by atoms with van der Waals surface area (Å²) in [5, 5.41) is 3.42. The van der Waals surface area contributed by atoms with E-state index in [2.05, 4.69) is 21.2 Å². The van der Waals surface area contributed by atoms with Gasteiger partial charge in [0.2, 0.25) is 0 Å². The lowest BCUT2D eigenvalue weighted by Gasteiger charge is -2.37. The quantitative estimate of drug-likeness (QED) is 0.266. The number of hydrogen-bond acceptors (Lipinski definition) is 7. The largest absolute Gasteiger partial charge is 0.496 e. The Morgan fingerprint density at radius 1 is 0.905 bits per heavy atom. The average molecular weight is 633 g/mol. The van der Waals surface area contributed by atoms with Gasteiger partial charge in [0, 0.05) is 39.8 Å². The zero-order chi connectivity index (χ0) is 29.8. The van der Waals surface area contributed by atoms with E-state index in [0.29, 0.717) is 46.9 Å². The summed E-state index contributed by atoms with van der Waals surface area (Å²) < 4.78 is 23.3. The zero-order valence-corrected chi connectivity index (χ0v) is 25.7. The number of hydrogen-bond donors (Lipinski definition) is 1. The molecule has 3 aromatic rings. The highest BCUT2D eigenvalue weighted by molar-refractivity contribution is 9.10. The molecular formula is C34H34BrNO6. The maximum atomic E-state index is 14.1. The van der Waals surface area contributed by atoms with E-state index in [1.165, 1.54) is 0 Å². The Kier molecular flexibility index (Phi) is 9.02. The van der Waals surface area contributed by atoms with Gasteiger partial charge in [-0.3, -0.25) is 4.79 Å². The number of nitrogens with one attached hydrogen (secondary N) is 1. The first-order valence-electron chi connectivity index (χ1n) is 13.8. The molecule has 3 aromatic carbocycles. The summed E-state index contributed by atoms with van der Waals surface area (Å²) in [6.07, 6.45) is 1.48. The van der Waals surface area contributed by atoms with Crippen molar-refractivity contribution in [3.63, 3.8) is 0 Å². The highest BCUT2D eigenvalue weighted by Gasteiger charge is 2.42. The Balaban J connectivity index is 1.51. The third-order valence-corrected chi connectivity index (χ3v) is 8.39. The first kappa shape index (κ1) is 29.5. The minimum atomic E-state index is -0.642. The summed E-state index contributed by atoms with van der Waals surface area (Å²) in [6, 6.07) is 21.3. The molecule has 5 rings (SSSR count). The van der Waals surface area contributed by atoms with Crippen molar-refractivity contribution in [1.29, 1.82) is 0 Å². The molecule has 42 heavy (non-hydrogen) atoms. The van der Waals surface area contributed by atoms with E-state index >= 15 is 0 Å². The molecule has 0 spiro atoms.